The monoisotopic (exact) mass is 523 g/mol. The summed E-state index contributed by atoms with van der Waals surface area (Å²) in [5, 5.41) is 14.7. The number of nitro benzene ring substituents is 1. The highest BCUT2D eigenvalue weighted by Crippen LogP contribution is 2.31. The van der Waals surface area contributed by atoms with E-state index in [2.05, 4.69) is 33.8 Å². The number of piperidine rings is 1. The molecule has 1 amide bonds. The second kappa shape index (κ2) is 13.1. The van der Waals surface area contributed by atoms with Crippen LogP contribution in [-0.4, -0.2) is 79.1 Å². The lowest BCUT2D eigenvalue weighted by atomic mass is 10.0. The van der Waals surface area contributed by atoms with Crippen molar-refractivity contribution < 1.29 is 19.2 Å². The maximum absolute atomic E-state index is 12.9. The quantitative estimate of drug-likeness (QED) is 0.267. The number of anilines is 2. The van der Waals surface area contributed by atoms with Crippen LogP contribution in [0.3, 0.4) is 0 Å². The fourth-order valence-electron chi connectivity index (χ4n) is 5.01. The molecule has 0 bridgehead atoms. The van der Waals surface area contributed by atoms with E-state index in [1.807, 2.05) is 17.0 Å². The van der Waals surface area contributed by atoms with Crippen molar-refractivity contribution >= 4 is 23.0 Å². The van der Waals surface area contributed by atoms with E-state index in [9.17, 15) is 14.9 Å². The van der Waals surface area contributed by atoms with Gasteiger partial charge in [0.25, 0.3) is 0 Å². The van der Waals surface area contributed by atoms with Crippen LogP contribution >= 0.6 is 0 Å². The van der Waals surface area contributed by atoms with Crippen LogP contribution in [0.1, 0.15) is 26.2 Å². The predicted octanol–water partition coefficient (Wildman–Crippen LogP) is 4.13. The van der Waals surface area contributed by atoms with Crippen LogP contribution in [0.4, 0.5) is 17.1 Å². The average Bonchev–Trinajstić information content (AvgIpc) is 2.93. The van der Waals surface area contributed by atoms with Crippen LogP contribution in [-0.2, 0) is 4.79 Å². The molecule has 0 radical (unpaired) electrons. The van der Waals surface area contributed by atoms with Crippen LogP contribution < -0.4 is 19.7 Å². The third-order valence-electron chi connectivity index (χ3n) is 7.11. The SMILES string of the molecule is C=COc1ccc(N2CCN(CCC(=O)N3CCC(Nc4ccc([N+](=O)[O-])c(OCC)c4)CC3)CC2)cc1. The first-order valence-electron chi connectivity index (χ1n) is 13.3. The first-order valence-corrected chi connectivity index (χ1v) is 13.3. The molecule has 2 aromatic carbocycles. The Bertz CT molecular complexity index is 1090. The highest BCUT2D eigenvalue weighted by atomic mass is 16.6. The first-order chi connectivity index (χ1) is 18.5. The van der Waals surface area contributed by atoms with Gasteiger partial charge in [-0.15, -0.1) is 0 Å². The van der Waals surface area contributed by atoms with Gasteiger partial charge in [-0.2, -0.15) is 0 Å². The summed E-state index contributed by atoms with van der Waals surface area (Å²) in [6.07, 6.45) is 3.63. The molecule has 0 saturated carbocycles. The van der Waals surface area contributed by atoms with Gasteiger partial charge in [0.05, 0.1) is 17.8 Å². The number of piperazine rings is 1. The van der Waals surface area contributed by atoms with E-state index < -0.39 is 4.92 Å². The predicted molar refractivity (Wildman–Crippen MR) is 148 cm³/mol. The van der Waals surface area contributed by atoms with Crippen LogP contribution in [0.2, 0.25) is 0 Å². The molecule has 1 N–H and O–H groups in total. The molecule has 2 aliphatic heterocycles. The number of ether oxygens (including phenoxy) is 2. The summed E-state index contributed by atoms with van der Waals surface area (Å²) in [5.74, 6) is 1.26. The lowest BCUT2D eigenvalue weighted by Crippen LogP contribution is -2.48. The molecule has 2 aromatic rings. The molecule has 38 heavy (non-hydrogen) atoms. The van der Waals surface area contributed by atoms with Crippen molar-refractivity contribution in [1.29, 1.82) is 0 Å². The molecule has 4 rings (SSSR count). The number of carbonyl (C=O) groups excluding carboxylic acids is 1. The van der Waals surface area contributed by atoms with Crippen molar-refractivity contribution in [2.75, 3.05) is 62.6 Å². The molecule has 204 valence electrons. The zero-order valence-electron chi connectivity index (χ0n) is 22.0. The summed E-state index contributed by atoms with van der Waals surface area (Å²) in [4.78, 5) is 30.3. The fraction of sp³-hybridized carbons (Fsp3) is 0.464. The molecule has 0 spiro atoms. The number of rotatable bonds is 11. The Hall–Kier alpha value is -3.79. The zero-order valence-corrected chi connectivity index (χ0v) is 22.0. The largest absolute Gasteiger partial charge is 0.487 e. The van der Waals surface area contributed by atoms with Gasteiger partial charge in [0.15, 0.2) is 5.75 Å². The zero-order chi connectivity index (χ0) is 26.9. The number of hydrogen-bond acceptors (Lipinski definition) is 8. The van der Waals surface area contributed by atoms with Gasteiger partial charge in [0, 0.05) is 81.8 Å². The van der Waals surface area contributed by atoms with Gasteiger partial charge < -0.3 is 24.6 Å². The van der Waals surface area contributed by atoms with Gasteiger partial charge >= 0.3 is 5.69 Å². The maximum Gasteiger partial charge on any atom is 0.311 e. The van der Waals surface area contributed by atoms with Gasteiger partial charge in [-0.1, -0.05) is 6.58 Å². The maximum atomic E-state index is 12.9. The van der Waals surface area contributed by atoms with Crippen molar-refractivity contribution in [2.24, 2.45) is 0 Å². The Morgan fingerprint density at radius 2 is 1.82 bits per heavy atom. The molecule has 10 nitrogen and oxygen atoms in total. The Kier molecular flexibility index (Phi) is 9.42. The van der Waals surface area contributed by atoms with E-state index in [0.29, 0.717) is 26.1 Å². The molecular formula is C28H37N5O5. The second-order valence-corrected chi connectivity index (χ2v) is 9.53. The number of hydrogen-bond donors (Lipinski definition) is 1. The molecule has 2 fully saturated rings. The molecule has 0 aliphatic carbocycles. The van der Waals surface area contributed by atoms with E-state index >= 15 is 0 Å². The standard InChI is InChI=1S/C28H37N5O5/c1-3-37-25-8-6-24(7-9-25)31-19-17-30(18-20-31)14-13-28(34)32-15-11-22(12-16-32)29-23-5-10-26(33(35)36)27(21-23)38-4-2/h3,5-10,21-22,29H,1,4,11-20H2,2H3. The summed E-state index contributed by atoms with van der Waals surface area (Å²) in [5.41, 5.74) is 1.94. The minimum atomic E-state index is -0.433. The molecule has 2 aliphatic rings. The van der Waals surface area contributed by atoms with E-state index in [4.69, 9.17) is 9.47 Å². The van der Waals surface area contributed by atoms with E-state index in [-0.39, 0.29) is 23.4 Å². The topological polar surface area (TPSA) is 100 Å². The Morgan fingerprint density at radius 3 is 2.45 bits per heavy atom. The van der Waals surface area contributed by atoms with Crippen LogP contribution in [0.5, 0.6) is 11.5 Å². The summed E-state index contributed by atoms with van der Waals surface area (Å²) in [6.45, 7) is 11.7. The molecule has 0 atom stereocenters. The van der Waals surface area contributed by atoms with Crippen molar-refractivity contribution in [1.82, 2.24) is 9.80 Å². The van der Waals surface area contributed by atoms with Crippen molar-refractivity contribution in [2.45, 2.75) is 32.2 Å². The lowest BCUT2D eigenvalue weighted by molar-refractivity contribution is -0.385. The van der Waals surface area contributed by atoms with Crippen LogP contribution in [0.25, 0.3) is 0 Å². The Balaban J connectivity index is 1.17. The normalized spacial score (nSPS) is 16.7. The van der Waals surface area contributed by atoms with Crippen molar-refractivity contribution in [3.63, 3.8) is 0 Å². The van der Waals surface area contributed by atoms with Gasteiger partial charge in [-0.25, -0.2) is 0 Å². The first kappa shape index (κ1) is 27.3. The Morgan fingerprint density at radius 1 is 1.11 bits per heavy atom. The molecule has 0 aromatic heterocycles. The van der Waals surface area contributed by atoms with E-state index in [0.717, 1.165) is 57.0 Å². The smallest absolute Gasteiger partial charge is 0.311 e. The highest BCUT2D eigenvalue weighted by molar-refractivity contribution is 5.76. The summed E-state index contributed by atoms with van der Waals surface area (Å²) in [6, 6.07) is 13.1. The number of nitrogens with zero attached hydrogens (tertiary/aromatic N) is 4. The van der Waals surface area contributed by atoms with Crippen LogP contribution in [0, 0.1) is 10.1 Å². The molecule has 2 heterocycles. The number of nitro groups is 1. The number of carbonyl (C=O) groups is 1. The molecule has 10 heteroatoms. The number of likely N-dealkylation sites (tertiary alicyclic amines) is 1. The summed E-state index contributed by atoms with van der Waals surface area (Å²) < 4.78 is 10.7. The third-order valence-corrected chi connectivity index (χ3v) is 7.11. The third kappa shape index (κ3) is 7.16. The van der Waals surface area contributed by atoms with Crippen LogP contribution in [0.15, 0.2) is 55.3 Å². The van der Waals surface area contributed by atoms with Gasteiger partial charge in [-0.05, 0) is 50.1 Å². The van der Waals surface area contributed by atoms with E-state index in [1.54, 1.807) is 19.1 Å². The number of amides is 1. The van der Waals surface area contributed by atoms with Gasteiger partial charge in [0.2, 0.25) is 5.91 Å². The average molecular weight is 524 g/mol. The highest BCUT2D eigenvalue weighted by Gasteiger charge is 2.25. The summed E-state index contributed by atoms with van der Waals surface area (Å²) >= 11 is 0. The summed E-state index contributed by atoms with van der Waals surface area (Å²) in [7, 11) is 0. The molecular weight excluding hydrogens is 486 g/mol. The van der Waals surface area contributed by atoms with Gasteiger partial charge in [0.1, 0.15) is 5.75 Å². The lowest BCUT2D eigenvalue weighted by Gasteiger charge is -2.37. The Labute approximate surface area is 223 Å². The minimum Gasteiger partial charge on any atom is -0.487 e. The van der Waals surface area contributed by atoms with Gasteiger partial charge in [-0.3, -0.25) is 19.8 Å². The number of benzene rings is 2. The number of nitrogens with one attached hydrogen (secondary N) is 1. The molecule has 2 saturated heterocycles. The minimum absolute atomic E-state index is 0.0350. The van der Waals surface area contributed by atoms with E-state index in [1.165, 1.54) is 18.0 Å². The second-order valence-electron chi connectivity index (χ2n) is 9.53. The fourth-order valence-corrected chi connectivity index (χ4v) is 5.01. The molecule has 0 unspecified atom stereocenters. The van der Waals surface area contributed by atoms with Crippen molar-refractivity contribution in [3.05, 3.63) is 65.4 Å². The van der Waals surface area contributed by atoms with Crippen molar-refractivity contribution in [3.8, 4) is 11.5 Å².